The maximum atomic E-state index is 12.8. The van der Waals surface area contributed by atoms with Gasteiger partial charge < -0.3 is 14.2 Å². The number of carbonyl (C=O) groups excluding carboxylic acids is 3. The number of hydrogen-bond donors (Lipinski definition) is 0. The molecule has 0 aliphatic heterocycles. The Hall–Kier alpha value is -3.41. The van der Waals surface area contributed by atoms with Crippen molar-refractivity contribution in [1.82, 2.24) is 0 Å². The van der Waals surface area contributed by atoms with Gasteiger partial charge in [0.25, 0.3) is 0 Å². The Morgan fingerprint density at radius 3 is 0.985 bits per heavy atom. The first-order chi connectivity index (χ1) is 33.5. The summed E-state index contributed by atoms with van der Waals surface area (Å²) in [4.78, 5) is 38.1. The molecule has 0 spiro atoms. The van der Waals surface area contributed by atoms with Crippen molar-refractivity contribution in [3.8, 4) is 0 Å². The first kappa shape index (κ1) is 64.6. The van der Waals surface area contributed by atoms with Crippen LogP contribution in [0.15, 0.2) is 85.1 Å². The first-order valence-corrected chi connectivity index (χ1v) is 28.6. The lowest BCUT2D eigenvalue weighted by Crippen LogP contribution is -2.30. The van der Waals surface area contributed by atoms with Crippen molar-refractivity contribution in [2.45, 2.75) is 277 Å². The van der Waals surface area contributed by atoms with Crippen molar-refractivity contribution in [3.05, 3.63) is 85.1 Å². The monoisotopic (exact) mass is 947 g/mol. The van der Waals surface area contributed by atoms with E-state index in [2.05, 4.69) is 99.8 Å². The lowest BCUT2D eigenvalue weighted by atomic mass is 10.0. The lowest BCUT2D eigenvalue weighted by molar-refractivity contribution is -0.166. The lowest BCUT2D eigenvalue weighted by Gasteiger charge is -2.18. The van der Waals surface area contributed by atoms with E-state index in [-0.39, 0.29) is 37.5 Å². The van der Waals surface area contributed by atoms with Gasteiger partial charge in [-0.15, -0.1) is 0 Å². The van der Waals surface area contributed by atoms with E-state index in [0.717, 1.165) is 83.5 Å². The number of carbonyl (C=O) groups is 3. The van der Waals surface area contributed by atoms with Crippen LogP contribution in [0.1, 0.15) is 271 Å². The molecule has 6 heteroatoms. The summed E-state index contributed by atoms with van der Waals surface area (Å²) in [5.74, 6) is -0.990. The first-order valence-electron chi connectivity index (χ1n) is 28.6. The van der Waals surface area contributed by atoms with Crippen LogP contribution in [0.2, 0.25) is 0 Å². The van der Waals surface area contributed by atoms with Crippen molar-refractivity contribution in [3.63, 3.8) is 0 Å². The summed E-state index contributed by atoms with van der Waals surface area (Å²) in [5.41, 5.74) is 0. The molecule has 0 rings (SSSR count). The van der Waals surface area contributed by atoms with E-state index in [9.17, 15) is 14.4 Å². The molecule has 1 atom stereocenters. The zero-order valence-corrected chi connectivity index (χ0v) is 44.6. The summed E-state index contributed by atoms with van der Waals surface area (Å²) in [7, 11) is 0. The van der Waals surface area contributed by atoms with Crippen molar-refractivity contribution < 1.29 is 28.6 Å². The van der Waals surface area contributed by atoms with Crippen LogP contribution in [0.3, 0.4) is 0 Å². The highest BCUT2D eigenvalue weighted by molar-refractivity contribution is 5.71. The van der Waals surface area contributed by atoms with E-state index in [1.165, 1.54) is 141 Å². The van der Waals surface area contributed by atoms with Gasteiger partial charge >= 0.3 is 17.9 Å². The molecule has 0 fully saturated rings. The highest BCUT2D eigenvalue weighted by Crippen LogP contribution is 2.16. The highest BCUT2D eigenvalue weighted by atomic mass is 16.6. The molecule has 0 aliphatic carbocycles. The van der Waals surface area contributed by atoms with E-state index < -0.39 is 6.10 Å². The molecule has 0 aliphatic rings. The van der Waals surface area contributed by atoms with Gasteiger partial charge in [-0.3, -0.25) is 14.4 Å². The minimum atomic E-state index is -0.809. The second-order valence-electron chi connectivity index (χ2n) is 18.8. The van der Waals surface area contributed by atoms with Gasteiger partial charge in [0.2, 0.25) is 0 Å². The molecule has 0 unspecified atom stereocenters. The van der Waals surface area contributed by atoms with E-state index in [1.807, 2.05) is 6.08 Å². The molecule has 0 saturated heterocycles. The number of rotatable bonds is 51. The zero-order valence-electron chi connectivity index (χ0n) is 44.6. The second-order valence-corrected chi connectivity index (χ2v) is 18.8. The van der Waals surface area contributed by atoms with Crippen LogP contribution in [0, 0.1) is 0 Å². The van der Waals surface area contributed by atoms with Crippen LogP contribution in [0.25, 0.3) is 0 Å². The summed E-state index contributed by atoms with van der Waals surface area (Å²) in [6, 6.07) is 0. The SMILES string of the molecule is CC/C=C\C/C=C\C/C=C\C/C=C\C/C=C\C/C=C\CCC(=O)OC[C@@H](COC(=O)CCCCCCC/C=C\CCCCCCCC)OC(=O)CCCCCCCCCCCCCCCCCC. The summed E-state index contributed by atoms with van der Waals surface area (Å²) >= 11 is 0. The number of ether oxygens (including phenoxy) is 3. The van der Waals surface area contributed by atoms with E-state index in [1.54, 1.807) is 0 Å². The molecule has 0 aromatic rings. The van der Waals surface area contributed by atoms with Gasteiger partial charge in [-0.2, -0.15) is 0 Å². The van der Waals surface area contributed by atoms with Crippen molar-refractivity contribution >= 4 is 17.9 Å². The Morgan fingerprint density at radius 1 is 0.309 bits per heavy atom. The second kappa shape index (κ2) is 56.2. The Balaban J connectivity index is 4.49. The fraction of sp³-hybridized carbons (Fsp3) is 0.726. The van der Waals surface area contributed by atoms with Gasteiger partial charge in [0, 0.05) is 19.3 Å². The molecule has 390 valence electrons. The molecule has 0 aromatic carbocycles. The number of unbranched alkanes of at least 4 members (excludes halogenated alkanes) is 26. The van der Waals surface area contributed by atoms with Crippen LogP contribution >= 0.6 is 0 Å². The molecule has 0 heterocycles. The molecule has 0 saturated carbocycles. The van der Waals surface area contributed by atoms with Crippen LogP contribution in [0.5, 0.6) is 0 Å². The quantitative estimate of drug-likeness (QED) is 0.0262. The molecule has 0 N–H and O–H groups in total. The van der Waals surface area contributed by atoms with Gasteiger partial charge in [0.15, 0.2) is 6.10 Å². The Kier molecular flexibility index (Phi) is 53.4. The Labute approximate surface area is 420 Å². The summed E-state index contributed by atoms with van der Waals surface area (Å²) in [6.07, 6.45) is 73.0. The van der Waals surface area contributed by atoms with Crippen LogP contribution in [-0.4, -0.2) is 37.2 Å². The Bertz CT molecular complexity index is 1320. The van der Waals surface area contributed by atoms with E-state index >= 15 is 0 Å². The summed E-state index contributed by atoms with van der Waals surface area (Å²) in [5, 5.41) is 0. The third kappa shape index (κ3) is 53.5. The average molecular weight is 948 g/mol. The Morgan fingerprint density at radius 2 is 0.603 bits per heavy atom. The third-order valence-electron chi connectivity index (χ3n) is 12.1. The maximum Gasteiger partial charge on any atom is 0.306 e. The highest BCUT2D eigenvalue weighted by Gasteiger charge is 2.19. The van der Waals surface area contributed by atoms with Crippen molar-refractivity contribution in [1.29, 1.82) is 0 Å². The topological polar surface area (TPSA) is 78.9 Å². The van der Waals surface area contributed by atoms with Gasteiger partial charge in [0.05, 0.1) is 0 Å². The van der Waals surface area contributed by atoms with Crippen molar-refractivity contribution in [2.75, 3.05) is 13.2 Å². The minimum absolute atomic E-state index is 0.102. The fourth-order valence-corrected chi connectivity index (χ4v) is 7.88. The molecule has 0 aromatic heterocycles. The van der Waals surface area contributed by atoms with E-state index in [0.29, 0.717) is 19.3 Å². The average Bonchev–Trinajstić information content (AvgIpc) is 3.34. The third-order valence-corrected chi connectivity index (χ3v) is 12.1. The van der Waals surface area contributed by atoms with E-state index in [4.69, 9.17) is 14.2 Å². The predicted molar refractivity (Wildman–Crippen MR) is 293 cm³/mol. The van der Waals surface area contributed by atoms with Crippen LogP contribution < -0.4 is 0 Å². The molecule has 68 heavy (non-hydrogen) atoms. The molecule has 0 radical (unpaired) electrons. The molecular weight excluding hydrogens is 841 g/mol. The van der Waals surface area contributed by atoms with Gasteiger partial charge in [-0.05, 0) is 83.5 Å². The smallest absolute Gasteiger partial charge is 0.306 e. The van der Waals surface area contributed by atoms with Crippen LogP contribution in [0.4, 0.5) is 0 Å². The molecule has 0 amide bonds. The summed E-state index contributed by atoms with van der Waals surface area (Å²) < 4.78 is 16.8. The van der Waals surface area contributed by atoms with Crippen molar-refractivity contribution in [2.24, 2.45) is 0 Å². The normalized spacial score (nSPS) is 12.7. The largest absolute Gasteiger partial charge is 0.462 e. The number of esters is 3. The van der Waals surface area contributed by atoms with Crippen LogP contribution in [-0.2, 0) is 28.6 Å². The minimum Gasteiger partial charge on any atom is -0.462 e. The molecular formula is C62H106O6. The predicted octanol–water partition coefficient (Wildman–Crippen LogP) is 19.2. The molecule has 0 bridgehead atoms. The standard InChI is InChI=1S/C62H106O6/c1-4-7-10-13-16-19-22-25-28-30-31-32-35-37-40-43-46-49-52-55-61(64)67-58-59(57-66-60(63)54-51-48-45-42-39-36-33-27-24-21-18-15-12-9-6-3)68-62(65)56-53-50-47-44-41-38-34-29-26-23-20-17-14-11-8-5-2/h7,10,16,19,25,27-28,31-33,37,40,46,49,59H,4-6,8-9,11-15,17-18,20-24,26,29-30,34-36,38-39,41-45,47-48,50-58H2,1-3H3/b10-7-,19-16-,28-25-,32-31-,33-27-,40-37-,49-46-/t59-/m1/s1. The number of allylic oxidation sites excluding steroid dienone is 14. The van der Waals surface area contributed by atoms with Gasteiger partial charge in [0.1, 0.15) is 13.2 Å². The zero-order chi connectivity index (χ0) is 49.3. The van der Waals surface area contributed by atoms with Gasteiger partial charge in [-0.25, -0.2) is 0 Å². The van der Waals surface area contributed by atoms with Gasteiger partial charge in [-0.1, -0.05) is 254 Å². The number of hydrogen-bond acceptors (Lipinski definition) is 6. The molecule has 6 nitrogen and oxygen atoms in total. The maximum absolute atomic E-state index is 12.8. The fourth-order valence-electron chi connectivity index (χ4n) is 7.88. The summed E-state index contributed by atoms with van der Waals surface area (Å²) in [6.45, 7) is 6.47.